The molecule has 0 radical (unpaired) electrons. The summed E-state index contributed by atoms with van der Waals surface area (Å²) in [5, 5.41) is 3.16. The molecule has 1 unspecified atom stereocenters. The minimum atomic E-state index is 0.0676. The molecule has 0 fully saturated rings. The van der Waals surface area contributed by atoms with Crippen molar-refractivity contribution in [2.45, 2.75) is 38.1 Å². The van der Waals surface area contributed by atoms with Crippen LogP contribution >= 0.6 is 0 Å². The highest BCUT2D eigenvalue weighted by atomic mass is 16.5. The number of carbonyl (C=O) groups excluding carboxylic acids is 1. The molecule has 0 aromatic heterocycles. The first-order valence-electron chi connectivity index (χ1n) is 9.10. The minimum absolute atomic E-state index is 0.0676. The van der Waals surface area contributed by atoms with Gasteiger partial charge in [0.2, 0.25) is 5.91 Å². The number of ether oxygens (including phenoxy) is 2. The average Bonchev–Trinajstić information content (AvgIpc) is 2.65. The summed E-state index contributed by atoms with van der Waals surface area (Å²) in [6, 6.07) is 13.5. The zero-order valence-corrected chi connectivity index (χ0v) is 15.2. The average molecular weight is 354 g/mol. The van der Waals surface area contributed by atoms with Gasteiger partial charge in [-0.1, -0.05) is 6.07 Å². The van der Waals surface area contributed by atoms with Gasteiger partial charge in [-0.25, -0.2) is 0 Å². The summed E-state index contributed by atoms with van der Waals surface area (Å²) in [5.41, 5.74) is 9.11. The third-order valence-corrected chi connectivity index (χ3v) is 4.69. The molecule has 138 valence electrons. The smallest absolute Gasteiger partial charge is 0.220 e. The first-order valence-corrected chi connectivity index (χ1v) is 9.10. The Bertz CT molecular complexity index is 743. The van der Waals surface area contributed by atoms with Gasteiger partial charge in [0.05, 0.1) is 19.8 Å². The Morgan fingerprint density at radius 3 is 2.73 bits per heavy atom. The Morgan fingerprint density at radius 1 is 1.19 bits per heavy atom. The van der Waals surface area contributed by atoms with E-state index in [0.29, 0.717) is 19.4 Å². The summed E-state index contributed by atoms with van der Waals surface area (Å²) in [4.78, 5) is 12.3. The molecule has 1 atom stereocenters. The van der Waals surface area contributed by atoms with E-state index in [0.717, 1.165) is 36.4 Å². The van der Waals surface area contributed by atoms with Crippen molar-refractivity contribution in [3.63, 3.8) is 0 Å². The number of anilines is 1. The van der Waals surface area contributed by atoms with Crippen LogP contribution in [0.5, 0.6) is 11.5 Å². The van der Waals surface area contributed by atoms with Gasteiger partial charge in [-0.15, -0.1) is 0 Å². The standard InChI is InChI=1S/C21H26N2O3/c1-25-17-8-10-18(11-9-17)26-13-3-6-21(24)23-20-5-2-4-15-14-16(22)7-12-19(15)20/h7-12,14,20H,2-6,13,22H2,1H3,(H,23,24). The molecule has 26 heavy (non-hydrogen) atoms. The van der Waals surface area contributed by atoms with Crippen LogP contribution in [0.1, 0.15) is 42.9 Å². The Labute approximate surface area is 154 Å². The zero-order chi connectivity index (χ0) is 18.4. The maximum absolute atomic E-state index is 12.3. The molecular formula is C21H26N2O3. The van der Waals surface area contributed by atoms with E-state index in [2.05, 4.69) is 5.32 Å². The van der Waals surface area contributed by atoms with E-state index in [1.165, 1.54) is 11.1 Å². The predicted molar refractivity (Wildman–Crippen MR) is 102 cm³/mol. The second kappa shape index (κ2) is 8.61. The molecule has 2 aromatic carbocycles. The number of hydrogen-bond acceptors (Lipinski definition) is 4. The van der Waals surface area contributed by atoms with E-state index in [1.807, 2.05) is 42.5 Å². The lowest BCUT2D eigenvalue weighted by atomic mass is 9.87. The van der Waals surface area contributed by atoms with E-state index >= 15 is 0 Å². The molecule has 0 spiro atoms. The van der Waals surface area contributed by atoms with E-state index in [-0.39, 0.29) is 11.9 Å². The van der Waals surface area contributed by atoms with Crippen molar-refractivity contribution < 1.29 is 14.3 Å². The van der Waals surface area contributed by atoms with Gasteiger partial charge in [0.25, 0.3) is 0 Å². The van der Waals surface area contributed by atoms with Gasteiger partial charge in [0, 0.05) is 12.1 Å². The molecule has 0 aliphatic heterocycles. The molecule has 1 amide bonds. The largest absolute Gasteiger partial charge is 0.497 e. The lowest BCUT2D eigenvalue weighted by Crippen LogP contribution is -2.31. The van der Waals surface area contributed by atoms with Crippen LogP contribution in [-0.2, 0) is 11.2 Å². The van der Waals surface area contributed by atoms with E-state index in [9.17, 15) is 4.79 Å². The molecule has 3 N–H and O–H groups in total. The van der Waals surface area contributed by atoms with Crippen molar-refractivity contribution in [2.24, 2.45) is 0 Å². The number of nitrogens with two attached hydrogens (primary N) is 1. The van der Waals surface area contributed by atoms with Crippen molar-refractivity contribution in [3.8, 4) is 11.5 Å². The highest BCUT2D eigenvalue weighted by molar-refractivity contribution is 5.76. The highest BCUT2D eigenvalue weighted by Crippen LogP contribution is 2.31. The summed E-state index contributed by atoms with van der Waals surface area (Å²) in [7, 11) is 1.63. The van der Waals surface area contributed by atoms with Crippen LogP contribution < -0.4 is 20.5 Å². The quantitative estimate of drug-likeness (QED) is 0.588. The molecule has 5 nitrogen and oxygen atoms in total. The third kappa shape index (κ3) is 4.69. The number of carbonyl (C=O) groups is 1. The Morgan fingerprint density at radius 2 is 1.96 bits per heavy atom. The second-order valence-electron chi connectivity index (χ2n) is 6.60. The fraction of sp³-hybridized carbons (Fsp3) is 0.381. The molecule has 3 rings (SSSR count). The predicted octanol–water partition coefficient (Wildman–Crippen LogP) is 3.63. The molecule has 2 aromatic rings. The molecule has 0 saturated carbocycles. The Balaban J connectivity index is 1.43. The van der Waals surface area contributed by atoms with Gasteiger partial charge < -0.3 is 20.5 Å². The van der Waals surface area contributed by atoms with E-state index in [1.54, 1.807) is 7.11 Å². The molecule has 0 bridgehead atoms. The zero-order valence-electron chi connectivity index (χ0n) is 15.2. The highest BCUT2D eigenvalue weighted by Gasteiger charge is 2.21. The Kier molecular flexibility index (Phi) is 6.00. The molecule has 1 aliphatic carbocycles. The molecule has 1 aliphatic rings. The SMILES string of the molecule is COc1ccc(OCCCC(=O)NC2CCCc3cc(N)ccc32)cc1. The fourth-order valence-corrected chi connectivity index (χ4v) is 3.35. The molecular weight excluding hydrogens is 328 g/mol. The number of benzene rings is 2. The van der Waals surface area contributed by atoms with Gasteiger partial charge in [-0.2, -0.15) is 0 Å². The van der Waals surface area contributed by atoms with Crippen molar-refractivity contribution in [2.75, 3.05) is 19.5 Å². The van der Waals surface area contributed by atoms with Crippen molar-refractivity contribution in [1.82, 2.24) is 5.32 Å². The van der Waals surface area contributed by atoms with Gasteiger partial charge in [0.1, 0.15) is 11.5 Å². The maximum Gasteiger partial charge on any atom is 0.220 e. The van der Waals surface area contributed by atoms with Crippen LogP contribution in [0.2, 0.25) is 0 Å². The van der Waals surface area contributed by atoms with Crippen LogP contribution in [0, 0.1) is 0 Å². The normalized spacial score (nSPS) is 15.8. The fourth-order valence-electron chi connectivity index (χ4n) is 3.35. The lowest BCUT2D eigenvalue weighted by molar-refractivity contribution is -0.122. The number of hydrogen-bond donors (Lipinski definition) is 2. The summed E-state index contributed by atoms with van der Waals surface area (Å²) < 4.78 is 10.8. The van der Waals surface area contributed by atoms with Crippen LogP contribution in [0.3, 0.4) is 0 Å². The minimum Gasteiger partial charge on any atom is -0.497 e. The lowest BCUT2D eigenvalue weighted by Gasteiger charge is -2.26. The Hall–Kier alpha value is -2.69. The van der Waals surface area contributed by atoms with Crippen LogP contribution in [0.25, 0.3) is 0 Å². The number of nitrogens with one attached hydrogen (secondary N) is 1. The maximum atomic E-state index is 12.3. The van der Waals surface area contributed by atoms with Crippen molar-refractivity contribution in [3.05, 3.63) is 53.6 Å². The third-order valence-electron chi connectivity index (χ3n) is 4.69. The van der Waals surface area contributed by atoms with Crippen molar-refractivity contribution >= 4 is 11.6 Å². The van der Waals surface area contributed by atoms with Crippen molar-refractivity contribution in [1.29, 1.82) is 0 Å². The number of rotatable bonds is 7. The summed E-state index contributed by atoms with van der Waals surface area (Å²) >= 11 is 0. The number of methoxy groups -OCH3 is 1. The number of aryl methyl sites for hydroxylation is 1. The molecule has 0 saturated heterocycles. The number of fused-ring (bicyclic) bond motifs is 1. The van der Waals surface area contributed by atoms with Gasteiger partial charge >= 0.3 is 0 Å². The first-order chi connectivity index (χ1) is 12.7. The van der Waals surface area contributed by atoms with Gasteiger partial charge in [-0.05, 0) is 73.2 Å². The van der Waals surface area contributed by atoms with Crippen LogP contribution in [-0.4, -0.2) is 19.6 Å². The molecule has 5 heteroatoms. The topological polar surface area (TPSA) is 73.6 Å². The monoisotopic (exact) mass is 354 g/mol. The number of nitrogen functional groups attached to an aromatic ring is 1. The van der Waals surface area contributed by atoms with Crippen LogP contribution in [0.15, 0.2) is 42.5 Å². The summed E-state index contributed by atoms with van der Waals surface area (Å²) in [6.07, 6.45) is 4.21. The van der Waals surface area contributed by atoms with Gasteiger partial charge in [-0.3, -0.25) is 4.79 Å². The first kappa shape index (κ1) is 18.1. The van der Waals surface area contributed by atoms with Crippen LogP contribution in [0.4, 0.5) is 5.69 Å². The van der Waals surface area contributed by atoms with E-state index < -0.39 is 0 Å². The number of amides is 1. The van der Waals surface area contributed by atoms with Gasteiger partial charge in [0.15, 0.2) is 0 Å². The summed E-state index contributed by atoms with van der Waals surface area (Å²) in [5.74, 6) is 1.65. The second-order valence-corrected chi connectivity index (χ2v) is 6.60. The molecule has 0 heterocycles. The summed E-state index contributed by atoms with van der Waals surface area (Å²) in [6.45, 7) is 0.511. The van der Waals surface area contributed by atoms with E-state index in [4.69, 9.17) is 15.2 Å².